The fraction of sp³-hybridized carbons (Fsp3) is 0.600. The van der Waals surface area contributed by atoms with E-state index in [2.05, 4.69) is 49.6 Å². The van der Waals surface area contributed by atoms with Crippen LogP contribution in [0.5, 0.6) is 0 Å². The summed E-state index contributed by atoms with van der Waals surface area (Å²) in [6.07, 6.45) is 0. The maximum absolute atomic E-state index is 14.3. The summed E-state index contributed by atoms with van der Waals surface area (Å²) in [5.41, 5.74) is 1.63. The van der Waals surface area contributed by atoms with Crippen LogP contribution < -0.4 is 10.3 Å². The zero-order valence-electron chi connectivity index (χ0n) is 29.2. The van der Waals surface area contributed by atoms with Gasteiger partial charge in [0.1, 0.15) is 31.5 Å². The smallest absolute Gasteiger partial charge is 0.195 e. The van der Waals surface area contributed by atoms with Gasteiger partial charge in [0.05, 0.1) is 9.79 Å². The first-order valence-corrected chi connectivity index (χ1v) is 23.6. The van der Waals surface area contributed by atoms with Gasteiger partial charge in [0, 0.05) is 13.1 Å². The highest BCUT2D eigenvalue weighted by Gasteiger charge is 2.38. The Morgan fingerprint density at radius 2 is 0.932 bits per heavy atom. The molecule has 0 spiro atoms. The molecule has 0 aliphatic rings. The molecule has 252 valence electrons. The molecule has 2 unspecified atom stereocenters. The fourth-order valence-electron chi connectivity index (χ4n) is 3.54. The van der Waals surface area contributed by atoms with Crippen LogP contribution in [0.3, 0.4) is 0 Å². The molecule has 0 saturated carbocycles. The standard InChI is InChI=1S/2C15H28FN3OSSi/c2*1-15(2,3)22(6,7)18-21(17,20)14-9-8-12(10-13(14)16)11-19(4)5/h2*8-10H,11H2,1-7H3,(H2,17,18,20). The summed E-state index contributed by atoms with van der Waals surface area (Å²) < 4.78 is 63.1. The lowest BCUT2D eigenvalue weighted by molar-refractivity contribution is 0.401. The van der Waals surface area contributed by atoms with Crippen LogP contribution in [0.15, 0.2) is 54.2 Å². The molecule has 8 nitrogen and oxygen atoms in total. The van der Waals surface area contributed by atoms with Gasteiger partial charge in [0.2, 0.25) is 0 Å². The minimum Gasteiger partial charge on any atom is -0.305 e. The van der Waals surface area contributed by atoms with E-state index >= 15 is 0 Å². The lowest BCUT2D eigenvalue weighted by Gasteiger charge is -2.32. The predicted molar refractivity (Wildman–Crippen MR) is 188 cm³/mol. The van der Waals surface area contributed by atoms with Crippen molar-refractivity contribution >= 4 is 36.3 Å². The molecule has 0 aliphatic heterocycles. The second kappa shape index (κ2) is 14.5. The highest BCUT2D eigenvalue weighted by atomic mass is 32.2. The molecule has 0 heterocycles. The normalized spacial score (nSPS) is 15.7. The average molecular weight is 691 g/mol. The third-order valence-corrected chi connectivity index (χ3v) is 23.1. The number of halogens is 2. The van der Waals surface area contributed by atoms with Crippen molar-refractivity contribution in [3.05, 3.63) is 59.2 Å². The lowest BCUT2D eigenvalue weighted by atomic mass is 10.2. The Morgan fingerprint density at radius 3 is 1.14 bits per heavy atom. The molecular weight excluding hydrogens is 635 g/mol. The van der Waals surface area contributed by atoms with Gasteiger partial charge in [-0.25, -0.2) is 27.5 Å². The van der Waals surface area contributed by atoms with E-state index in [9.17, 15) is 17.2 Å². The van der Waals surface area contributed by atoms with Crippen LogP contribution >= 0.6 is 0 Å². The number of nitrogens with zero attached hydrogens (tertiary/aromatic N) is 4. The van der Waals surface area contributed by atoms with Crippen molar-refractivity contribution in [3.63, 3.8) is 0 Å². The van der Waals surface area contributed by atoms with Gasteiger partial charge >= 0.3 is 0 Å². The first-order chi connectivity index (χ1) is 19.5. The van der Waals surface area contributed by atoms with Crippen molar-refractivity contribution in [2.45, 2.75) is 101 Å². The maximum atomic E-state index is 14.3. The summed E-state index contributed by atoms with van der Waals surface area (Å²) in [5.74, 6) is -1.09. The first-order valence-electron chi connectivity index (χ1n) is 14.5. The Hall–Kier alpha value is -1.53. The largest absolute Gasteiger partial charge is 0.305 e. The van der Waals surface area contributed by atoms with E-state index in [1.54, 1.807) is 12.1 Å². The molecule has 0 amide bonds. The molecule has 0 aliphatic carbocycles. The van der Waals surface area contributed by atoms with Gasteiger partial charge in [-0.15, -0.1) is 0 Å². The second-order valence-electron chi connectivity index (χ2n) is 14.9. The van der Waals surface area contributed by atoms with Crippen molar-refractivity contribution in [2.75, 3.05) is 28.2 Å². The van der Waals surface area contributed by atoms with Crippen molar-refractivity contribution in [1.29, 1.82) is 0 Å². The Bertz CT molecular complexity index is 1430. The molecule has 0 bridgehead atoms. The van der Waals surface area contributed by atoms with Gasteiger partial charge in [0.15, 0.2) is 16.5 Å². The average Bonchev–Trinajstić information content (AvgIpc) is 2.75. The van der Waals surface area contributed by atoms with Gasteiger partial charge in [-0.1, -0.05) is 53.7 Å². The van der Waals surface area contributed by atoms with E-state index < -0.39 is 47.9 Å². The van der Waals surface area contributed by atoms with Gasteiger partial charge in [-0.05, 0) is 99.8 Å². The van der Waals surface area contributed by atoms with Crippen LogP contribution in [0.2, 0.25) is 36.3 Å². The van der Waals surface area contributed by atoms with Crippen molar-refractivity contribution < 1.29 is 17.2 Å². The Morgan fingerprint density at radius 1 is 0.659 bits per heavy atom. The zero-order chi connectivity index (χ0) is 34.7. The second-order valence-corrected chi connectivity index (χ2v) is 28.8. The molecule has 0 saturated heterocycles. The Kier molecular flexibility index (Phi) is 13.3. The number of nitrogens with two attached hydrogens (primary N) is 2. The van der Waals surface area contributed by atoms with Crippen LogP contribution in [0, 0.1) is 11.6 Å². The number of hydrogen-bond acceptors (Lipinski definition) is 6. The van der Waals surface area contributed by atoms with Crippen molar-refractivity contribution in [2.24, 2.45) is 18.3 Å². The molecular formula is C30H56F2N6O2S2Si2. The van der Waals surface area contributed by atoms with Crippen molar-refractivity contribution in [3.8, 4) is 0 Å². The van der Waals surface area contributed by atoms with Crippen LogP contribution in [-0.2, 0) is 32.9 Å². The molecule has 4 N–H and O–H groups in total. The van der Waals surface area contributed by atoms with Crippen LogP contribution in [0.4, 0.5) is 8.78 Å². The number of rotatable bonds is 8. The fourth-order valence-corrected chi connectivity index (χ4v) is 13.1. The summed E-state index contributed by atoms with van der Waals surface area (Å²) in [7, 11) is -3.30. The van der Waals surface area contributed by atoms with E-state index in [0.29, 0.717) is 13.1 Å². The summed E-state index contributed by atoms with van der Waals surface area (Å²) >= 11 is 0. The molecule has 0 radical (unpaired) electrons. The quantitative estimate of drug-likeness (QED) is 0.285. The monoisotopic (exact) mass is 690 g/mol. The van der Waals surface area contributed by atoms with Crippen LogP contribution in [0.25, 0.3) is 0 Å². The minimum atomic E-state index is -3.23. The zero-order valence-corrected chi connectivity index (χ0v) is 32.8. The Balaban J connectivity index is 0.000000440. The predicted octanol–water partition coefficient (Wildman–Crippen LogP) is 7.19. The first kappa shape index (κ1) is 40.5. The number of hydrogen-bond donors (Lipinski definition) is 2. The molecule has 44 heavy (non-hydrogen) atoms. The van der Waals surface area contributed by atoms with E-state index in [0.717, 1.165) is 11.1 Å². The molecule has 2 atom stereocenters. The van der Waals surface area contributed by atoms with Gasteiger partial charge in [-0.3, -0.25) is 8.06 Å². The van der Waals surface area contributed by atoms with E-state index in [-0.39, 0.29) is 19.9 Å². The third kappa shape index (κ3) is 11.4. The summed E-state index contributed by atoms with van der Waals surface area (Å²) in [6, 6.07) is 9.31. The Labute approximate surface area is 268 Å². The highest BCUT2D eigenvalue weighted by Crippen LogP contribution is 2.39. The van der Waals surface area contributed by atoms with E-state index in [1.807, 2.05) is 64.2 Å². The van der Waals surface area contributed by atoms with Crippen LogP contribution in [-0.4, -0.2) is 62.9 Å². The topological polar surface area (TPSA) is 117 Å². The highest BCUT2D eigenvalue weighted by molar-refractivity contribution is 7.92. The molecule has 2 aromatic carbocycles. The maximum Gasteiger partial charge on any atom is 0.195 e. The van der Waals surface area contributed by atoms with Gasteiger partial charge in [-0.2, -0.15) is 0 Å². The molecule has 0 aromatic heterocycles. The molecule has 2 rings (SSSR count). The lowest BCUT2D eigenvalue weighted by Crippen LogP contribution is -2.37. The molecule has 0 fully saturated rings. The number of benzene rings is 2. The van der Waals surface area contributed by atoms with Crippen molar-refractivity contribution in [1.82, 2.24) is 9.80 Å². The minimum absolute atomic E-state index is 0.000156. The van der Waals surface area contributed by atoms with E-state index in [1.165, 1.54) is 24.3 Å². The summed E-state index contributed by atoms with van der Waals surface area (Å²) in [5, 5.41) is 11.6. The van der Waals surface area contributed by atoms with Gasteiger partial charge in [0.25, 0.3) is 0 Å². The van der Waals surface area contributed by atoms with E-state index in [4.69, 9.17) is 10.3 Å². The molecule has 14 heteroatoms. The third-order valence-electron chi connectivity index (χ3n) is 8.02. The van der Waals surface area contributed by atoms with Crippen LogP contribution in [0.1, 0.15) is 52.7 Å². The summed E-state index contributed by atoms with van der Waals surface area (Å²) in [4.78, 5) is 3.88. The van der Waals surface area contributed by atoms with Gasteiger partial charge < -0.3 is 9.80 Å². The SMILES string of the molecule is CN(C)Cc1ccc(S(N)(=O)=N[Si](C)(C)C(C)(C)C)c(F)c1.CN(C)Cc1ccc(S(N)(=O)=N[Si](C)(C)C(C)(C)C)c(F)c1. The summed E-state index contributed by atoms with van der Waals surface area (Å²) in [6.45, 7) is 21.5. The molecule has 2 aromatic rings.